The van der Waals surface area contributed by atoms with Crippen LogP contribution in [-0.2, 0) is 13.5 Å². The maximum absolute atomic E-state index is 6.14. The van der Waals surface area contributed by atoms with E-state index >= 15 is 0 Å². The summed E-state index contributed by atoms with van der Waals surface area (Å²) in [6, 6.07) is 6.73. The standard InChI is InChI=1S/C15H16N4/c1-19-8-9(7-17-19)15-6-12-10-2-4-13(16)11(10)3-5-14(12)18-15/h3,5-8,13,18H,2,4,16H2,1H3/t13-/m1/s1. The molecular weight excluding hydrogens is 236 g/mol. The quantitative estimate of drug-likeness (QED) is 0.699. The molecule has 2 heterocycles. The van der Waals surface area contributed by atoms with Crippen LogP contribution in [0.3, 0.4) is 0 Å². The van der Waals surface area contributed by atoms with Crippen LogP contribution < -0.4 is 5.73 Å². The lowest BCUT2D eigenvalue weighted by Crippen LogP contribution is -2.04. The first-order valence-electron chi connectivity index (χ1n) is 6.61. The van der Waals surface area contributed by atoms with Gasteiger partial charge in [0, 0.05) is 41.4 Å². The second-order valence-corrected chi connectivity index (χ2v) is 5.33. The highest BCUT2D eigenvalue weighted by molar-refractivity contribution is 5.90. The maximum Gasteiger partial charge on any atom is 0.0583 e. The Kier molecular flexibility index (Phi) is 2.11. The third-order valence-corrected chi connectivity index (χ3v) is 4.07. The molecule has 0 radical (unpaired) electrons. The molecule has 2 aromatic heterocycles. The minimum absolute atomic E-state index is 0.205. The van der Waals surface area contributed by atoms with Crippen LogP contribution in [0.4, 0.5) is 0 Å². The number of nitrogens with two attached hydrogens (primary N) is 1. The lowest BCUT2D eigenvalue weighted by atomic mass is 10.0. The van der Waals surface area contributed by atoms with Gasteiger partial charge in [0.25, 0.3) is 0 Å². The molecule has 3 N–H and O–H groups in total. The Balaban J connectivity index is 1.93. The molecular formula is C15H16N4. The van der Waals surface area contributed by atoms with Crippen molar-refractivity contribution in [1.29, 1.82) is 0 Å². The van der Waals surface area contributed by atoms with E-state index in [0.717, 1.165) is 24.1 Å². The molecule has 0 saturated heterocycles. The minimum atomic E-state index is 0.205. The van der Waals surface area contributed by atoms with Crippen molar-refractivity contribution in [1.82, 2.24) is 14.8 Å². The molecule has 0 unspecified atom stereocenters. The van der Waals surface area contributed by atoms with E-state index in [-0.39, 0.29) is 6.04 Å². The zero-order chi connectivity index (χ0) is 13.0. The van der Waals surface area contributed by atoms with Crippen molar-refractivity contribution >= 4 is 10.9 Å². The molecule has 3 aromatic rings. The monoisotopic (exact) mass is 252 g/mol. The van der Waals surface area contributed by atoms with Gasteiger partial charge in [-0.15, -0.1) is 0 Å². The second-order valence-electron chi connectivity index (χ2n) is 5.33. The van der Waals surface area contributed by atoms with Crippen LogP contribution in [0, 0.1) is 0 Å². The molecule has 0 bridgehead atoms. The highest BCUT2D eigenvalue weighted by Crippen LogP contribution is 2.36. The summed E-state index contributed by atoms with van der Waals surface area (Å²) in [6.45, 7) is 0. The van der Waals surface area contributed by atoms with Crippen LogP contribution in [0.15, 0.2) is 30.6 Å². The summed E-state index contributed by atoms with van der Waals surface area (Å²) in [6.07, 6.45) is 6.05. The molecule has 19 heavy (non-hydrogen) atoms. The fourth-order valence-corrected chi connectivity index (χ4v) is 3.08. The maximum atomic E-state index is 6.14. The Morgan fingerprint density at radius 3 is 3.11 bits per heavy atom. The molecule has 1 aliphatic rings. The van der Waals surface area contributed by atoms with Crippen LogP contribution in [-0.4, -0.2) is 14.8 Å². The van der Waals surface area contributed by atoms with Crippen molar-refractivity contribution in [2.24, 2.45) is 12.8 Å². The zero-order valence-electron chi connectivity index (χ0n) is 10.9. The highest BCUT2D eigenvalue weighted by Gasteiger charge is 2.21. The first-order valence-corrected chi connectivity index (χ1v) is 6.61. The van der Waals surface area contributed by atoms with Gasteiger partial charge in [-0.25, -0.2) is 0 Å². The molecule has 4 heteroatoms. The summed E-state index contributed by atoms with van der Waals surface area (Å²) in [5.41, 5.74) is 12.3. The Morgan fingerprint density at radius 2 is 2.32 bits per heavy atom. The number of aromatic nitrogens is 3. The average Bonchev–Trinajstić information content (AvgIpc) is 3.06. The third kappa shape index (κ3) is 1.53. The van der Waals surface area contributed by atoms with Gasteiger partial charge in [-0.3, -0.25) is 4.68 Å². The van der Waals surface area contributed by atoms with E-state index < -0.39 is 0 Å². The van der Waals surface area contributed by atoms with Crippen molar-refractivity contribution in [3.05, 3.63) is 41.7 Å². The highest BCUT2D eigenvalue weighted by atomic mass is 15.2. The number of aromatic amines is 1. The Hall–Kier alpha value is -2.07. The largest absolute Gasteiger partial charge is 0.354 e. The van der Waals surface area contributed by atoms with E-state index in [9.17, 15) is 0 Å². The predicted octanol–water partition coefficient (Wildman–Crippen LogP) is 2.51. The van der Waals surface area contributed by atoms with E-state index in [4.69, 9.17) is 5.73 Å². The molecule has 0 saturated carbocycles. The summed E-state index contributed by atoms with van der Waals surface area (Å²) >= 11 is 0. The van der Waals surface area contributed by atoms with Crippen molar-refractivity contribution in [3.8, 4) is 11.3 Å². The Morgan fingerprint density at radius 1 is 1.42 bits per heavy atom. The average molecular weight is 252 g/mol. The van der Waals surface area contributed by atoms with Crippen LogP contribution in [0.5, 0.6) is 0 Å². The zero-order valence-corrected chi connectivity index (χ0v) is 10.9. The first-order chi connectivity index (χ1) is 9.22. The SMILES string of the molecule is Cn1cc(-c2cc3c4c(ccc3[nH]2)[C@H](N)CC4)cn1. The van der Waals surface area contributed by atoms with Gasteiger partial charge in [0.2, 0.25) is 0 Å². The Bertz CT molecular complexity index is 766. The fourth-order valence-electron chi connectivity index (χ4n) is 3.08. The van der Waals surface area contributed by atoms with E-state index in [1.807, 2.05) is 24.1 Å². The van der Waals surface area contributed by atoms with Gasteiger partial charge >= 0.3 is 0 Å². The number of H-pyrrole nitrogens is 1. The van der Waals surface area contributed by atoms with Gasteiger partial charge in [-0.2, -0.15) is 5.10 Å². The smallest absolute Gasteiger partial charge is 0.0583 e. The number of hydrogen-bond acceptors (Lipinski definition) is 2. The summed E-state index contributed by atoms with van der Waals surface area (Å²) < 4.78 is 1.82. The number of rotatable bonds is 1. The van der Waals surface area contributed by atoms with Crippen molar-refractivity contribution in [2.45, 2.75) is 18.9 Å². The van der Waals surface area contributed by atoms with E-state index in [1.165, 1.54) is 22.0 Å². The van der Waals surface area contributed by atoms with E-state index in [1.54, 1.807) is 0 Å². The molecule has 0 fully saturated rings. The fraction of sp³-hybridized carbons (Fsp3) is 0.267. The van der Waals surface area contributed by atoms with Crippen molar-refractivity contribution in [3.63, 3.8) is 0 Å². The molecule has 1 atom stereocenters. The minimum Gasteiger partial charge on any atom is -0.354 e. The predicted molar refractivity (Wildman–Crippen MR) is 75.8 cm³/mol. The molecule has 1 aliphatic carbocycles. The van der Waals surface area contributed by atoms with Crippen molar-refractivity contribution in [2.75, 3.05) is 0 Å². The number of nitrogens with one attached hydrogen (secondary N) is 1. The topological polar surface area (TPSA) is 59.6 Å². The van der Waals surface area contributed by atoms with Crippen LogP contribution >= 0.6 is 0 Å². The van der Waals surface area contributed by atoms with Gasteiger partial charge in [0.1, 0.15) is 0 Å². The summed E-state index contributed by atoms with van der Waals surface area (Å²) in [5, 5.41) is 5.53. The molecule has 0 spiro atoms. The summed E-state index contributed by atoms with van der Waals surface area (Å²) in [5.74, 6) is 0. The van der Waals surface area contributed by atoms with Gasteiger partial charge < -0.3 is 10.7 Å². The van der Waals surface area contributed by atoms with E-state index in [0.29, 0.717) is 0 Å². The molecule has 4 rings (SSSR count). The molecule has 4 nitrogen and oxygen atoms in total. The number of fused-ring (bicyclic) bond motifs is 3. The summed E-state index contributed by atoms with van der Waals surface area (Å²) in [4.78, 5) is 3.48. The van der Waals surface area contributed by atoms with Gasteiger partial charge in [-0.1, -0.05) is 6.07 Å². The van der Waals surface area contributed by atoms with Crippen LogP contribution in [0.25, 0.3) is 22.2 Å². The number of benzene rings is 1. The molecule has 0 amide bonds. The normalized spacial score (nSPS) is 18.1. The number of hydrogen-bond donors (Lipinski definition) is 2. The van der Waals surface area contributed by atoms with Crippen LogP contribution in [0.1, 0.15) is 23.6 Å². The van der Waals surface area contributed by atoms with Gasteiger partial charge in [-0.05, 0) is 36.1 Å². The molecule has 96 valence electrons. The van der Waals surface area contributed by atoms with Crippen molar-refractivity contribution < 1.29 is 0 Å². The lowest BCUT2D eigenvalue weighted by Gasteiger charge is -2.04. The van der Waals surface area contributed by atoms with Crippen LogP contribution in [0.2, 0.25) is 0 Å². The second kappa shape index (κ2) is 3.71. The number of aryl methyl sites for hydroxylation is 2. The van der Waals surface area contributed by atoms with Gasteiger partial charge in [0.15, 0.2) is 0 Å². The lowest BCUT2D eigenvalue weighted by molar-refractivity contribution is 0.713. The third-order valence-electron chi connectivity index (χ3n) is 4.07. The Labute approximate surface area is 111 Å². The molecule has 1 aromatic carbocycles. The summed E-state index contributed by atoms with van der Waals surface area (Å²) in [7, 11) is 1.93. The van der Waals surface area contributed by atoms with E-state index in [2.05, 4.69) is 28.3 Å². The molecule has 0 aliphatic heterocycles. The van der Waals surface area contributed by atoms with Gasteiger partial charge in [0.05, 0.1) is 6.20 Å². The first kappa shape index (κ1) is 10.8. The number of nitrogens with zero attached hydrogens (tertiary/aromatic N) is 2.